The molecule has 2 rings (SSSR count). The first-order chi connectivity index (χ1) is 9.69. The fourth-order valence-corrected chi connectivity index (χ4v) is 3.05. The van der Waals surface area contributed by atoms with Gasteiger partial charge in [-0.2, -0.15) is 0 Å². The number of nitrogens with one attached hydrogen (secondary N) is 2. The molecule has 2 aliphatic rings. The Morgan fingerprint density at radius 2 is 1.90 bits per heavy atom. The van der Waals surface area contributed by atoms with Gasteiger partial charge in [-0.1, -0.05) is 27.7 Å². The molecule has 7 nitrogen and oxygen atoms in total. The molecule has 0 aromatic heterocycles. The molecule has 21 heavy (non-hydrogen) atoms. The molecular formula is C14H29N7. The Bertz CT molecular complexity index is 431. The minimum absolute atomic E-state index is 0.0304. The van der Waals surface area contributed by atoms with Gasteiger partial charge >= 0.3 is 0 Å². The molecule has 0 bridgehead atoms. The van der Waals surface area contributed by atoms with Gasteiger partial charge in [-0.3, -0.25) is 10.2 Å². The third-order valence-electron chi connectivity index (χ3n) is 4.77. The van der Waals surface area contributed by atoms with E-state index in [9.17, 15) is 0 Å². The van der Waals surface area contributed by atoms with Crippen LogP contribution in [0.25, 0.3) is 0 Å². The van der Waals surface area contributed by atoms with Crippen molar-refractivity contribution in [1.82, 2.24) is 15.5 Å². The number of aliphatic imine (C=N–C) groups is 2. The summed E-state index contributed by atoms with van der Waals surface area (Å²) in [6.07, 6.45) is 1.08. The quantitative estimate of drug-likeness (QED) is 0.579. The van der Waals surface area contributed by atoms with E-state index in [1.165, 1.54) is 0 Å². The van der Waals surface area contributed by atoms with Gasteiger partial charge in [-0.05, 0) is 18.9 Å². The number of nitrogens with zero attached hydrogens (tertiary/aromatic N) is 3. The number of nitrogens with two attached hydrogens (primary N) is 2. The molecule has 0 aromatic rings. The molecule has 6 N–H and O–H groups in total. The van der Waals surface area contributed by atoms with Crippen molar-refractivity contribution in [2.24, 2.45) is 32.8 Å². The van der Waals surface area contributed by atoms with Gasteiger partial charge in [0.1, 0.15) is 0 Å². The van der Waals surface area contributed by atoms with E-state index in [2.05, 4.69) is 43.2 Å². The van der Waals surface area contributed by atoms with Crippen molar-refractivity contribution < 1.29 is 0 Å². The lowest BCUT2D eigenvalue weighted by Crippen LogP contribution is -2.60. The molecule has 0 aromatic carbocycles. The fourth-order valence-electron chi connectivity index (χ4n) is 3.05. The molecule has 2 heterocycles. The Hall–Kier alpha value is -1.34. The van der Waals surface area contributed by atoms with E-state index in [1.807, 2.05) is 7.05 Å². The lowest BCUT2D eigenvalue weighted by molar-refractivity contribution is 0.0165. The highest BCUT2D eigenvalue weighted by molar-refractivity contribution is 5.98. The molecule has 1 saturated heterocycles. The summed E-state index contributed by atoms with van der Waals surface area (Å²) in [6.45, 7) is 10.6. The second-order valence-corrected chi connectivity index (χ2v) is 7.11. The molecule has 0 radical (unpaired) electrons. The van der Waals surface area contributed by atoms with E-state index in [0.29, 0.717) is 18.0 Å². The molecule has 2 atom stereocenters. The third-order valence-corrected chi connectivity index (χ3v) is 4.77. The SMILES string of the molecule is CN[C@@H]1CCN(C2([C@@H](C)C(C)(C)C)N=C(N)NC(N)=N2)C1. The van der Waals surface area contributed by atoms with Crippen LogP contribution >= 0.6 is 0 Å². The zero-order chi connectivity index (χ0) is 15.8. The third kappa shape index (κ3) is 2.98. The van der Waals surface area contributed by atoms with Gasteiger partial charge < -0.3 is 16.8 Å². The highest BCUT2D eigenvalue weighted by Gasteiger charge is 2.50. The second kappa shape index (κ2) is 5.46. The van der Waals surface area contributed by atoms with Crippen LogP contribution in [0.2, 0.25) is 0 Å². The number of likely N-dealkylation sites (tertiary alicyclic amines) is 1. The van der Waals surface area contributed by atoms with Crippen LogP contribution in [0.1, 0.15) is 34.1 Å². The normalized spacial score (nSPS) is 27.8. The zero-order valence-electron chi connectivity index (χ0n) is 13.8. The number of hydrogen-bond donors (Lipinski definition) is 4. The number of likely N-dealkylation sites (N-methyl/N-ethyl adjacent to an activating group) is 1. The van der Waals surface area contributed by atoms with Crippen LogP contribution in [0.5, 0.6) is 0 Å². The van der Waals surface area contributed by atoms with Crippen LogP contribution in [0, 0.1) is 11.3 Å². The van der Waals surface area contributed by atoms with Crippen molar-refractivity contribution in [2.45, 2.75) is 45.9 Å². The second-order valence-electron chi connectivity index (χ2n) is 7.11. The highest BCUT2D eigenvalue weighted by Crippen LogP contribution is 2.42. The average molecular weight is 295 g/mol. The lowest BCUT2D eigenvalue weighted by Gasteiger charge is -2.46. The van der Waals surface area contributed by atoms with Crippen molar-refractivity contribution in [2.75, 3.05) is 20.1 Å². The minimum Gasteiger partial charge on any atom is -0.370 e. The molecule has 7 heteroatoms. The Kier molecular flexibility index (Phi) is 4.17. The summed E-state index contributed by atoms with van der Waals surface area (Å²) in [6, 6.07) is 0.455. The summed E-state index contributed by atoms with van der Waals surface area (Å²) in [5, 5.41) is 6.14. The van der Waals surface area contributed by atoms with Gasteiger partial charge in [0.15, 0.2) is 11.9 Å². The molecule has 0 unspecified atom stereocenters. The van der Waals surface area contributed by atoms with E-state index in [-0.39, 0.29) is 11.3 Å². The molecule has 120 valence electrons. The van der Waals surface area contributed by atoms with Crippen molar-refractivity contribution in [3.05, 3.63) is 0 Å². The van der Waals surface area contributed by atoms with Crippen LogP contribution < -0.4 is 22.1 Å². The van der Waals surface area contributed by atoms with Gasteiger partial charge in [0.25, 0.3) is 0 Å². The first-order valence-corrected chi connectivity index (χ1v) is 7.59. The van der Waals surface area contributed by atoms with Crippen molar-refractivity contribution >= 4 is 11.9 Å². The van der Waals surface area contributed by atoms with Crippen molar-refractivity contribution in [1.29, 1.82) is 0 Å². The summed E-state index contributed by atoms with van der Waals surface area (Å²) in [4.78, 5) is 11.7. The molecule has 0 spiro atoms. The maximum atomic E-state index is 5.95. The lowest BCUT2D eigenvalue weighted by atomic mass is 9.77. The molecule has 0 aliphatic carbocycles. The van der Waals surface area contributed by atoms with Gasteiger partial charge in [0.05, 0.1) is 0 Å². The predicted molar refractivity (Wildman–Crippen MR) is 86.8 cm³/mol. The molecule has 0 saturated carbocycles. The van der Waals surface area contributed by atoms with Gasteiger partial charge in [-0.25, -0.2) is 9.98 Å². The summed E-state index contributed by atoms with van der Waals surface area (Å²) >= 11 is 0. The fraction of sp³-hybridized carbons (Fsp3) is 0.857. The van der Waals surface area contributed by atoms with Crippen molar-refractivity contribution in [3.8, 4) is 0 Å². The highest BCUT2D eigenvalue weighted by atomic mass is 15.5. The van der Waals surface area contributed by atoms with E-state index in [1.54, 1.807) is 0 Å². The Labute approximate surface area is 127 Å². The zero-order valence-corrected chi connectivity index (χ0v) is 13.8. The molecule has 2 aliphatic heterocycles. The summed E-state index contributed by atoms with van der Waals surface area (Å²) < 4.78 is 0. The Morgan fingerprint density at radius 1 is 1.33 bits per heavy atom. The molecular weight excluding hydrogens is 266 g/mol. The van der Waals surface area contributed by atoms with Gasteiger partial charge in [-0.15, -0.1) is 0 Å². The number of hydrogen-bond acceptors (Lipinski definition) is 7. The topological polar surface area (TPSA) is 104 Å². The van der Waals surface area contributed by atoms with Crippen molar-refractivity contribution in [3.63, 3.8) is 0 Å². The van der Waals surface area contributed by atoms with E-state index < -0.39 is 5.79 Å². The largest absolute Gasteiger partial charge is 0.370 e. The summed E-state index contributed by atoms with van der Waals surface area (Å²) in [5.74, 6) is 0.126. The van der Waals surface area contributed by atoms with Gasteiger partial charge in [0.2, 0.25) is 5.79 Å². The Morgan fingerprint density at radius 3 is 2.33 bits per heavy atom. The van der Waals surface area contributed by atoms with Crippen LogP contribution in [-0.4, -0.2) is 48.8 Å². The minimum atomic E-state index is -0.719. The number of guanidine groups is 2. The van der Waals surface area contributed by atoms with Crippen LogP contribution in [0.4, 0.5) is 0 Å². The maximum Gasteiger partial charge on any atom is 0.217 e. The summed E-state index contributed by atoms with van der Waals surface area (Å²) in [7, 11) is 1.99. The standard InChI is InChI=1S/C14H29N7/c1-9(13(2,3)4)14(19-11(15)18-12(16)20-14)21-7-6-10(8-21)17-5/h9-10,17H,6-8H2,1-5H3,(H5,15,16,18,19,20)/t9-,10+/m0/s1. The average Bonchev–Trinajstić information content (AvgIpc) is 2.84. The number of rotatable bonds is 3. The Balaban J connectivity index is 2.43. The maximum absolute atomic E-state index is 5.95. The van der Waals surface area contributed by atoms with Crippen LogP contribution in [0.15, 0.2) is 9.98 Å². The van der Waals surface area contributed by atoms with Crippen LogP contribution in [-0.2, 0) is 0 Å². The molecule has 0 amide bonds. The first kappa shape index (κ1) is 16.0. The monoisotopic (exact) mass is 295 g/mol. The predicted octanol–water partition coefficient (Wildman–Crippen LogP) is -0.151. The molecule has 1 fully saturated rings. The van der Waals surface area contributed by atoms with Crippen LogP contribution in [0.3, 0.4) is 0 Å². The summed E-state index contributed by atoms with van der Waals surface area (Å²) in [5.41, 5.74) is 11.9. The van der Waals surface area contributed by atoms with E-state index in [4.69, 9.17) is 21.5 Å². The van der Waals surface area contributed by atoms with E-state index >= 15 is 0 Å². The first-order valence-electron chi connectivity index (χ1n) is 7.59. The van der Waals surface area contributed by atoms with E-state index in [0.717, 1.165) is 19.5 Å². The van der Waals surface area contributed by atoms with Gasteiger partial charge in [0, 0.05) is 25.0 Å². The smallest absolute Gasteiger partial charge is 0.217 e.